The number of aryl methyl sites for hydroxylation is 1. The smallest absolute Gasteiger partial charge is 0.272 e. The molecule has 0 unspecified atom stereocenters. The molecule has 0 radical (unpaired) electrons. The largest absolute Gasteiger partial charge is 0.471 e. The zero-order valence-corrected chi connectivity index (χ0v) is 17.4. The van der Waals surface area contributed by atoms with Gasteiger partial charge in [0.2, 0.25) is 5.88 Å². The molecule has 2 aliphatic rings. The van der Waals surface area contributed by atoms with Gasteiger partial charge in [0.25, 0.3) is 6.43 Å². The molecule has 0 aliphatic carbocycles. The molecule has 9 heteroatoms. The molecular weight excluding hydrogens is 402 g/mol. The van der Waals surface area contributed by atoms with E-state index in [1.807, 2.05) is 24.4 Å². The van der Waals surface area contributed by atoms with Crippen molar-refractivity contribution in [2.24, 2.45) is 0 Å². The van der Waals surface area contributed by atoms with Crippen molar-refractivity contribution in [1.29, 1.82) is 0 Å². The molecule has 0 N–H and O–H groups in total. The second kappa shape index (κ2) is 8.74. The Labute approximate surface area is 179 Å². The zero-order chi connectivity index (χ0) is 21.2. The SMILES string of the molecule is FC(F)COc1ncnc2ccc(N3CCN(Cc4cnn5c4CCCC5)CC3)cc12. The molecule has 31 heavy (non-hydrogen) atoms. The number of hydrogen-bond donors (Lipinski definition) is 0. The van der Waals surface area contributed by atoms with Gasteiger partial charge in [-0.1, -0.05) is 0 Å². The van der Waals surface area contributed by atoms with E-state index in [9.17, 15) is 8.78 Å². The van der Waals surface area contributed by atoms with E-state index < -0.39 is 13.0 Å². The molecule has 2 aliphatic heterocycles. The number of rotatable bonds is 6. The van der Waals surface area contributed by atoms with E-state index in [1.54, 1.807) is 0 Å². The summed E-state index contributed by atoms with van der Waals surface area (Å²) in [4.78, 5) is 13.1. The van der Waals surface area contributed by atoms with Crippen molar-refractivity contribution in [3.8, 4) is 5.88 Å². The molecule has 0 spiro atoms. The minimum atomic E-state index is -2.54. The lowest BCUT2D eigenvalue weighted by molar-refractivity contribution is 0.0804. The van der Waals surface area contributed by atoms with Crippen LogP contribution in [-0.2, 0) is 19.5 Å². The van der Waals surface area contributed by atoms with Crippen LogP contribution in [0, 0.1) is 0 Å². The van der Waals surface area contributed by atoms with E-state index in [-0.39, 0.29) is 5.88 Å². The molecule has 0 amide bonds. The molecule has 0 bridgehead atoms. The first-order chi connectivity index (χ1) is 15.2. The van der Waals surface area contributed by atoms with E-state index in [0.29, 0.717) is 10.9 Å². The summed E-state index contributed by atoms with van der Waals surface area (Å²) in [6, 6.07) is 5.86. The van der Waals surface area contributed by atoms with Crippen molar-refractivity contribution in [1.82, 2.24) is 24.6 Å². The average molecular weight is 428 g/mol. The van der Waals surface area contributed by atoms with Gasteiger partial charge in [-0.3, -0.25) is 9.58 Å². The number of benzene rings is 1. The second-order valence-corrected chi connectivity index (χ2v) is 8.14. The fourth-order valence-corrected chi connectivity index (χ4v) is 4.50. The van der Waals surface area contributed by atoms with Crippen LogP contribution in [0.5, 0.6) is 5.88 Å². The molecule has 164 valence electrons. The first kappa shape index (κ1) is 20.1. The third-order valence-corrected chi connectivity index (χ3v) is 6.13. The predicted molar refractivity (Wildman–Crippen MR) is 114 cm³/mol. The number of alkyl halides is 2. The normalized spacial score (nSPS) is 17.3. The highest BCUT2D eigenvalue weighted by atomic mass is 19.3. The van der Waals surface area contributed by atoms with Crippen LogP contribution >= 0.6 is 0 Å². The van der Waals surface area contributed by atoms with E-state index in [4.69, 9.17) is 4.74 Å². The Hall–Kier alpha value is -2.81. The number of hydrogen-bond acceptors (Lipinski definition) is 6. The lowest BCUT2D eigenvalue weighted by Crippen LogP contribution is -2.46. The summed E-state index contributed by atoms with van der Waals surface area (Å²) in [6.07, 6.45) is 4.45. The standard InChI is InChI=1S/C22H26F2N6O/c23-21(24)14-31-22-18-11-17(4-5-19(18)25-15-26-22)29-9-7-28(8-10-29)13-16-12-27-30-6-2-1-3-20(16)30/h4-5,11-12,15,21H,1-3,6-10,13-14H2. The number of ether oxygens (including phenoxy) is 1. The summed E-state index contributed by atoms with van der Waals surface area (Å²) >= 11 is 0. The Kier molecular flexibility index (Phi) is 5.67. The van der Waals surface area contributed by atoms with Crippen LogP contribution in [-0.4, -0.2) is 63.9 Å². The number of nitrogens with zero attached hydrogens (tertiary/aromatic N) is 6. The number of halogens is 2. The number of fused-ring (bicyclic) bond motifs is 2. The third kappa shape index (κ3) is 4.32. The summed E-state index contributed by atoms with van der Waals surface area (Å²) in [6.45, 7) is 5.03. The number of piperazine rings is 1. The van der Waals surface area contributed by atoms with Gasteiger partial charge in [0.15, 0.2) is 6.61 Å². The summed E-state index contributed by atoms with van der Waals surface area (Å²) in [5.74, 6) is 0.205. The van der Waals surface area contributed by atoms with Crippen molar-refractivity contribution >= 4 is 16.6 Å². The van der Waals surface area contributed by atoms with Gasteiger partial charge < -0.3 is 9.64 Å². The van der Waals surface area contributed by atoms with Crippen LogP contribution in [0.4, 0.5) is 14.5 Å². The fourth-order valence-electron chi connectivity index (χ4n) is 4.50. The Morgan fingerprint density at radius 1 is 1.03 bits per heavy atom. The molecule has 5 rings (SSSR count). The molecule has 0 atom stereocenters. The van der Waals surface area contributed by atoms with Gasteiger partial charge >= 0.3 is 0 Å². The van der Waals surface area contributed by atoms with Crippen LogP contribution in [0.1, 0.15) is 24.1 Å². The van der Waals surface area contributed by atoms with Crippen molar-refractivity contribution in [3.05, 3.63) is 42.0 Å². The molecule has 4 heterocycles. The van der Waals surface area contributed by atoms with Crippen molar-refractivity contribution in [2.75, 3.05) is 37.7 Å². The van der Waals surface area contributed by atoms with Crippen LogP contribution in [0.25, 0.3) is 10.9 Å². The third-order valence-electron chi connectivity index (χ3n) is 6.13. The maximum absolute atomic E-state index is 12.6. The summed E-state index contributed by atoms with van der Waals surface area (Å²) in [5.41, 5.74) is 4.48. The zero-order valence-electron chi connectivity index (χ0n) is 17.4. The highest BCUT2D eigenvalue weighted by molar-refractivity contribution is 5.86. The monoisotopic (exact) mass is 428 g/mol. The summed E-state index contributed by atoms with van der Waals surface area (Å²) < 4.78 is 32.5. The topological polar surface area (TPSA) is 59.3 Å². The van der Waals surface area contributed by atoms with Gasteiger partial charge in [-0.15, -0.1) is 0 Å². The van der Waals surface area contributed by atoms with Crippen molar-refractivity contribution in [2.45, 2.75) is 38.8 Å². The van der Waals surface area contributed by atoms with Crippen molar-refractivity contribution in [3.63, 3.8) is 0 Å². The lowest BCUT2D eigenvalue weighted by Gasteiger charge is -2.36. The average Bonchev–Trinajstić information content (AvgIpc) is 3.20. The first-order valence-electron chi connectivity index (χ1n) is 10.8. The first-order valence-corrected chi connectivity index (χ1v) is 10.8. The molecule has 1 saturated heterocycles. The predicted octanol–water partition coefficient (Wildman–Crippen LogP) is 3.13. The van der Waals surface area contributed by atoms with Crippen LogP contribution in [0.2, 0.25) is 0 Å². The lowest BCUT2D eigenvalue weighted by atomic mass is 10.1. The maximum atomic E-state index is 12.6. The highest BCUT2D eigenvalue weighted by Crippen LogP contribution is 2.28. The van der Waals surface area contributed by atoms with Gasteiger partial charge in [0.1, 0.15) is 6.33 Å². The number of aromatic nitrogens is 4. The Balaban J connectivity index is 1.26. The van der Waals surface area contributed by atoms with Crippen LogP contribution in [0.3, 0.4) is 0 Å². The molecule has 2 aromatic heterocycles. The Morgan fingerprint density at radius 2 is 1.90 bits per heavy atom. The Morgan fingerprint density at radius 3 is 2.74 bits per heavy atom. The van der Waals surface area contributed by atoms with Crippen molar-refractivity contribution < 1.29 is 13.5 Å². The quantitative estimate of drug-likeness (QED) is 0.601. The molecule has 7 nitrogen and oxygen atoms in total. The van der Waals surface area contributed by atoms with Gasteiger partial charge in [-0.05, 0) is 37.5 Å². The van der Waals surface area contributed by atoms with E-state index in [1.165, 1.54) is 30.4 Å². The van der Waals surface area contributed by atoms with E-state index >= 15 is 0 Å². The van der Waals surface area contributed by atoms with E-state index in [0.717, 1.165) is 51.4 Å². The maximum Gasteiger partial charge on any atom is 0.272 e. The van der Waals surface area contributed by atoms with Gasteiger partial charge in [0.05, 0.1) is 17.1 Å². The second-order valence-electron chi connectivity index (χ2n) is 8.14. The molecule has 1 aromatic carbocycles. The Bertz CT molecular complexity index is 1050. The molecule has 0 saturated carbocycles. The number of anilines is 1. The molecule has 1 fully saturated rings. The fraction of sp³-hybridized carbons (Fsp3) is 0.500. The van der Waals surface area contributed by atoms with Gasteiger partial charge in [0, 0.05) is 56.2 Å². The van der Waals surface area contributed by atoms with Crippen LogP contribution < -0.4 is 9.64 Å². The van der Waals surface area contributed by atoms with Gasteiger partial charge in [-0.25, -0.2) is 18.7 Å². The van der Waals surface area contributed by atoms with E-state index in [2.05, 4.69) is 29.5 Å². The minimum Gasteiger partial charge on any atom is -0.471 e. The summed E-state index contributed by atoms with van der Waals surface area (Å²) in [5, 5.41) is 5.22. The minimum absolute atomic E-state index is 0.205. The molecular formula is C22H26F2N6O. The van der Waals surface area contributed by atoms with Gasteiger partial charge in [-0.2, -0.15) is 5.10 Å². The van der Waals surface area contributed by atoms with Crippen LogP contribution in [0.15, 0.2) is 30.7 Å². The highest BCUT2D eigenvalue weighted by Gasteiger charge is 2.21. The molecule has 3 aromatic rings. The summed E-state index contributed by atoms with van der Waals surface area (Å²) in [7, 11) is 0.